The SMILES string of the molecule is CC(O)CC(CNC(=O)CCc1ccc(F)cc1)c1ccccc1. The Hall–Kier alpha value is -2.20. The van der Waals surface area contributed by atoms with Crippen molar-refractivity contribution in [2.75, 3.05) is 6.54 Å². The summed E-state index contributed by atoms with van der Waals surface area (Å²) in [4.78, 5) is 12.1. The zero-order valence-corrected chi connectivity index (χ0v) is 13.9. The van der Waals surface area contributed by atoms with Crippen molar-refractivity contribution in [3.8, 4) is 0 Å². The largest absolute Gasteiger partial charge is 0.393 e. The van der Waals surface area contributed by atoms with Gasteiger partial charge in [0.1, 0.15) is 5.82 Å². The number of halogens is 1. The van der Waals surface area contributed by atoms with Crippen molar-refractivity contribution in [2.24, 2.45) is 0 Å². The second-order valence-corrected chi connectivity index (χ2v) is 6.12. The normalized spacial score (nSPS) is 13.3. The molecule has 2 aromatic rings. The van der Waals surface area contributed by atoms with E-state index in [-0.39, 0.29) is 17.6 Å². The molecule has 0 bridgehead atoms. The molecule has 24 heavy (non-hydrogen) atoms. The minimum absolute atomic E-state index is 0.0363. The molecule has 0 saturated carbocycles. The highest BCUT2D eigenvalue weighted by Gasteiger charge is 2.15. The second-order valence-electron chi connectivity index (χ2n) is 6.12. The molecule has 2 atom stereocenters. The fourth-order valence-electron chi connectivity index (χ4n) is 2.71. The van der Waals surface area contributed by atoms with Crippen LogP contribution in [0.5, 0.6) is 0 Å². The monoisotopic (exact) mass is 329 g/mol. The van der Waals surface area contributed by atoms with Gasteiger partial charge in [-0.1, -0.05) is 42.5 Å². The second kappa shape index (κ2) is 9.18. The number of carbonyl (C=O) groups is 1. The van der Waals surface area contributed by atoms with Gasteiger partial charge in [-0.05, 0) is 43.0 Å². The highest BCUT2D eigenvalue weighted by atomic mass is 19.1. The number of carbonyl (C=O) groups excluding carboxylic acids is 1. The van der Waals surface area contributed by atoms with Gasteiger partial charge < -0.3 is 10.4 Å². The fourth-order valence-corrected chi connectivity index (χ4v) is 2.71. The molecule has 0 spiro atoms. The summed E-state index contributed by atoms with van der Waals surface area (Å²) in [6, 6.07) is 16.1. The van der Waals surface area contributed by atoms with E-state index in [1.807, 2.05) is 30.3 Å². The average molecular weight is 329 g/mol. The van der Waals surface area contributed by atoms with Crippen LogP contribution in [0, 0.1) is 5.82 Å². The summed E-state index contributed by atoms with van der Waals surface area (Å²) in [5.41, 5.74) is 2.05. The van der Waals surface area contributed by atoms with Gasteiger partial charge in [0, 0.05) is 18.9 Å². The Labute approximate surface area is 142 Å². The molecule has 2 rings (SSSR count). The van der Waals surface area contributed by atoms with E-state index < -0.39 is 6.10 Å². The maximum absolute atomic E-state index is 12.9. The molecule has 0 aliphatic carbocycles. The summed E-state index contributed by atoms with van der Waals surface area (Å²) in [7, 11) is 0. The van der Waals surface area contributed by atoms with Crippen molar-refractivity contribution in [3.63, 3.8) is 0 Å². The van der Waals surface area contributed by atoms with Gasteiger partial charge in [-0.2, -0.15) is 0 Å². The molecule has 0 fully saturated rings. The molecular weight excluding hydrogens is 305 g/mol. The summed E-state index contributed by atoms with van der Waals surface area (Å²) >= 11 is 0. The molecule has 128 valence electrons. The van der Waals surface area contributed by atoms with Crippen molar-refractivity contribution in [1.29, 1.82) is 0 Å². The summed E-state index contributed by atoms with van der Waals surface area (Å²) in [6.45, 7) is 2.25. The first-order valence-corrected chi connectivity index (χ1v) is 8.28. The van der Waals surface area contributed by atoms with Crippen LogP contribution in [-0.2, 0) is 11.2 Å². The Kier molecular flexibility index (Phi) is 6.94. The van der Waals surface area contributed by atoms with Crippen molar-refractivity contribution in [3.05, 3.63) is 71.5 Å². The number of rotatable bonds is 8. The van der Waals surface area contributed by atoms with E-state index in [2.05, 4.69) is 5.32 Å². The van der Waals surface area contributed by atoms with Gasteiger partial charge in [-0.25, -0.2) is 4.39 Å². The lowest BCUT2D eigenvalue weighted by Gasteiger charge is -2.19. The minimum Gasteiger partial charge on any atom is -0.393 e. The minimum atomic E-state index is -0.425. The Morgan fingerprint density at radius 3 is 2.42 bits per heavy atom. The quantitative estimate of drug-likeness (QED) is 0.779. The van der Waals surface area contributed by atoms with Crippen molar-refractivity contribution < 1.29 is 14.3 Å². The van der Waals surface area contributed by atoms with Crippen LogP contribution in [0.2, 0.25) is 0 Å². The lowest BCUT2D eigenvalue weighted by Crippen LogP contribution is -2.29. The van der Waals surface area contributed by atoms with Crippen LogP contribution in [-0.4, -0.2) is 23.7 Å². The third-order valence-electron chi connectivity index (χ3n) is 4.00. The van der Waals surface area contributed by atoms with Gasteiger partial charge in [-0.3, -0.25) is 4.79 Å². The molecule has 1 amide bonds. The van der Waals surface area contributed by atoms with Gasteiger partial charge in [0.2, 0.25) is 5.91 Å². The molecule has 0 aromatic heterocycles. The Balaban J connectivity index is 1.84. The van der Waals surface area contributed by atoms with E-state index in [9.17, 15) is 14.3 Å². The lowest BCUT2D eigenvalue weighted by molar-refractivity contribution is -0.121. The maximum Gasteiger partial charge on any atom is 0.220 e. The van der Waals surface area contributed by atoms with Crippen LogP contribution in [0.15, 0.2) is 54.6 Å². The Morgan fingerprint density at radius 2 is 1.79 bits per heavy atom. The Bertz CT molecular complexity index is 626. The van der Waals surface area contributed by atoms with Crippen LogP contribution in [0.4, 0.5) is 4.39 Å². The van der Waals surface area contributed by atoms with Gasteiger partial charge in [0.25, 0.3) is 0 Å². The molecule has 4 heteroatoms. The van der Waals surface area contributed by atoms with Crippen LogP contribution in [0.1, 0.15) is 36.8 Å². The third-order valence-corrected chi connectivity index (χ3v) is 4.00. The van der Waals surface area contributed by atoms with Crippen LogP contribution >= 0.6 is 0 Å². The molecule has 0 radical (unpaired) electrons. The number of benzene rings is 2. The molecule has 2 N–H and O–H groups in total. The van der Waals surface area contributed by atoms with Gasteiger partial charge in [0.05, 0.1) is 6.10 Å². The first-order chi connectivity index (χ1) is 11.5. The zero-order chi connectivity index (χ0) is 17.4. The van der Waals surface area contributed by atoms with Crippen LogP contribution in [0.3, 0.4) is 0 Å². The summed E-state index contributed by atoms with van der Waals surface area (Å²) < 4.78 is 12.9. The molecule has 2 unspecified atom stereocenters. The van der Waals surface area contributed by atoms with Gasteiger partial charge >= 0.3 is 0 Å². The third kappa shape index (κ3) is 6.13. The smallest absolute Gasteiger partial charge is 0.220 e. The van der Waals surface area contributed by atoms with Crippen molar-refractivity contribution in [2.45, 2.75) is 38.2 Å². The Morgan fingerprint density at radius 1 is 1.12 bits per heavy atom. The molecular formula is C20H24FNO2. The summed E-state index contributed by atoms with van der Waals surface area (Å²) in [5.74, 6) is -0.223. The van der Waals surface area contributed by atoms with Crippen molar-refractivity contribution in [1.82, 2.24) is 5.32 Å². The van der Waals surface area contributed by atoms with E-state index in [0.29, 0.717) is 25.8 Å². The highest BCUT2D eigenvalue weighted by Crippen LogP contribution is 2.20. The van der Waals surface area contributed by atoms with Crippen LogP contribution in [0.25, 0.3) is 0 Å². The standard InChI is InChI=1S/C20H24FNO2/c1-15(23)13-18(17-5-3-2-4-6-17)14-22-20(24)12-9-16-7-10-19(21)11-8-16/h2-8,10-11,15,18,23H,9,12-14H2,1H3,(H,22,24). The number of hydrogen-bond acceptors (Lipinski definition) is 2. The van der Waals surface area contributed by atoms with Gasteiger partial charge in [0.15, 0.2) is 0 Å². The van der Waals surface area contributed by atoms with Crippen LogP contribution < -0.4 is 5.32 Å². The first-order valence-electron chi connectivity index (χ1n) is 8.28. The molecule has 0 heterocycles. The topological polar surface area (TPSA) is 49.3 Å². The predicted octanol–water partition coefficient (Wildman–Crippen LogP) is 3.43. The van der Waals surface area contributed by atoms with Gasteiger partial charge in [-0.15, -0.1) is 0 Å². The summed E-state index contributed by atoms with van der Waals surface area (Å²) in [6.07, 6.45) is 1.12. The number of nitrogens with one attached hydrogen (secondary N) is 1. The average Bonchev–Trinajstić information content (AvgIpc) is 2.58. The number of aliphatic hydroxyl groups excluding tert-OH is 1. The van der Waals surface area contributed by atoms with E-state index in [4.69, 9.17) is 0 Å². The molecule has 0 saturated heterocycles. The molecule has 3 nitrogen and oxygen atoms in total. The summed E-state index contributed by atoms with van der Waals surface area (Å²) in [5, 5.41) is 12.6. The first kappa shape index (κ1) is 18.1. The maximum atomic E-state index is 12.9. The van der Waals surface area contributed by atoms with E-state index in [1.165, 1.54) is 12.1 Å². The van der Waals surface area contributed by atoms with E-state index in [0.717, 1.165) is 11.1 Å². The molecule has 0 aliphatic heterocycles. The van der Waals surface area contributed by atoms with Crippen molar-refractivity contribution >= 4 is 5.91 Å². The zero-order valence-electron chi connectivity index (χ0n) is 13.9. The number of amides is 1. The number of aliphatic hydroxyl groups is 1. The fraction of sp³-hybridized carbons (Fsp3) is 0.350. The predicted molar refractivity (Wildman–Crippen MR) is 93.2 cm³/mol. The molecule has 2 aromatic carbocycles. The lowest BCUT2D eigenvalue weighted by atomic mass is 9.93. The number of hydrogen-bond donors (Lipinski definition) is 2. The number of aryl methyl sites for hydroxylation is 1. The van der Waals surface area contributed by atoms with E-state index in [1.54, 1.807) is 19.1 Å². The highest BCUT2D eigenvalue weighted by molar-refractivity contribution is 5.76. The molecule has 0 aliphatic rings. The van der Waals surface area contributed by atoms with E-state index >= 15 is 0 Å².